The van der Waals surface area contributed by atoms with Crippen LogP contribution in [0.3, 0.4) is 0 Å². The molecule has 0 amide bonds. The molecule has 4 heteroatoms. The second-order valence-corrected chi connectivity index (χ2v) is 5.53. The smallest absolute Gasteiger partial charge is 0.126 e. The summed E-state index contributed by atoms with van der Waals surface area (Å²) in [7, 11) is 1.90. The van der Waals surface area contributed by atoms with Crippen LogP contribution < -0.4 is 5.32 Å². The summed E-state index contributed by atoms with van der Waals surface area (Å²) in [5, 5.41) is 3.23. The maximum Gasteiger partial charge on any atom is 0.126 e. The molecule has 0 aliphatic carbocycles. The number of ether oxygens (including phenoxy) is 1. The average Bonchev–Trinajstić information content (AvgIpc) is 2.89. The van der Waals surface area contributed by atoms with Crippen molar-refractivity contribution >= 4 is 0 Å². The zero-order valence-electron chi connectivity index (χ0n) is 12.0. The van der Waals surface area contributed by atoms with E-state index in [1.165, 1.54) is 25.0 Å². The fourth-order valence-corrected chi connectivity index (χ4v) is 2.83. The minimum Gasteiger partial charge on any atom is -0.378 e. The van der Waals surface area contributed by atoms with Crippen LogP contribution in [0.15, 0.2) is 18.2 Å². The van der Waals surface area contributed by atoms with Crippen molar-refractivity contribution < 1.29 is 13.5 Å². The molecule has 1 aliphatic rings. The fraction of sp³-hybridized carbons (Fsp3) is 0.625. The minimum atomic E-state index is -0.505. The zero-order chi connectivity index (χ0) is 14.4. The highest BCUT2D eigenvalue weighted by Gasteiger charge is 2.16. The van der Waals surface area contributed by atoms with Crippen molar-refractivity contribution in [2.24, 2.45) is 0 Å². The second-order valence-electron chi connectivity index (χ2n) is 5.53. The number of hydrogen-bond donors (Lipinski definition) is 1. The first-order valence-corrected chi connectivity index (χ1v) is 7.41. The van der Waals surface area contributed by atoms with Gasteiger partial charge in [0.25, 0.3) is 0 Å². The Bertz CT molecular complexity index is 399. The molecule has 2 unspecified atom stereocenters. The van der Waals surface area contributed by atoms with E-state index in [9.17, 15) is 8.78 Å². The van der Waals surface area contributed by atoms with Gasteiger partial charge in [0, 0.05) is 18.7 Å². The molecule has 2 rings (SSSR count). The molecule has 1 saturated heterocycles. The van der Waals surface area contributed by atoms with Crippen molar-refractivity contribution in [1.29, 1.82) is 0 Å². The first-order chi connectivity index (χ1) is 9.67. The van der Waals surface area contributed by atoms with Gasteiger partial charge in [-0.15, -0.1) is 0 Å². The Kier molecular flexibility index (Phi) is 5.92. The first kappa shape index (κ1) is 15.4. The van der Waals surface area contributed by atoms with E-state index >= 15 is 0 Å². The van der Waals surface area contributed by atoms with Crippen molar-refractivity contribution in [3.63, 3.8) is 0 Å². The number of halogens is 2. The van der Waals surface area contributed by atoms with Crippen molar-refractivity contribution in [3.8, 4) is 0 Å². The molecule has 112 valence electrons. The Morgan fingerprint density at radius 2 is 2.05 bits per heavy atom. The van der Waals surface area contributed by atoms with E-state index in [1.54, 1.807) is 0 Å². The van der Waals surface area contributed by atoms with Crippen molar-refractivity contribution in [2.75, 3.05) is 13.7 Å². The molecule has 1 aromatic carbocycles. The third-order valence-electron chi connectivity index (χ3n) is 3.92. The van der Waals surface area contributed by atoms with Gasteiger partial charge in [-0.05, 0) is 63.3 Å². The molecule has 2 atom stereocenters. The SMILES string of the molecule is CNC(CCCC1CCCO1)Cc1cc(F)cc(F)c1. The van der Waals surface area contributed by atoms with Crippen LogP contribution >= 0.6 is 0 Å². The van der Waals surface area contributed by atoms with E-state index < -0.39 is 11.6 Å². The van der Waals surface area contributed by atoms with Crippen molar-refractivity contribution in [1.82, 2.24) is 5.32 Å². The van der Waals surface area contributed by atoms with Gasteiger partial charge in [0.2, 0.25) is 0 Å². The lowest BCUT2D eigenvalue weighted by atomic mass is 9.99. The highest BCUT2D eigenvalue weighted by Crippen LogP contribution is 2.19. The summed E-state index contributed by atoms with van der Waals surface area (Å²) in [6.45, 7) is 0.892. The summed E-state index contributed by atoms with van der Waals surface area (Å²) in [6.07, 6.45) is 6.55. The molecule has 0 radical (unpaired) electrons. The molecule has 1 heterocycles. The molecule has 0 aromatic heterocycles. The summed E-state index contributed by atoms with van der Waals surface area (Å²) >= 11 is 0. The molecular formula is C16H23F2NO. The summed E-state index contributed by atoms with van der Waals surface area (Å²) in [4.78, 5) is 0. The predicted molar refractivity (Wildman–Crippen MR) is 75.7 cm³/mol. The second kappa shape index (κ2) is 7.70. The molecular weight excluding hydrogens is 260 g/mol. The molecule has 1 aromatic rings. The summed E-state index contributed by atoms with van der Waals surface area (Å²) in [5.74, 6) is -1.01. The predicted octanol–water partition coefficient (Wildman–Crippen LogP) is 3.44. The van der Waals surface area contributed by atoms with Gasteiger partial charge in [0.1, 0.15) is 11.6 Å². The Labute approximate surface area is 119 Å². The van der Waals surface area contributed by atoms with Gasteiger partial charge >= 0.3 is 0 Å². The number of benzene rings is 1. The molecule has 2 nitrogen and oxygen atoms in total. The van der Waals surface area contributed by atoms with Gasteiger partial charge in [-0.25, -0.2) is 8.78 Å². The number of likely N-dealkylation sites (N-methyl/N-ethyl adjacent to an activating group) is 1. The maximum absolute atomic E-state index is 13.2. The lowest BCUT2D eigenvalue weighted by molar-refractivity contribution is 0.101. The molecule has 1 aliphatic heterocycles. The summed E-state index contributed by atoms with van der Waals surface area (Å²) in [6, 6.07) is 3.98. The number of nitrogens with one attached hydrogen (secondary N) is 1. The average molecular weight is 283 g/mol. The van der Waals surface area contributed by atoms with Gasteiger partial charge in [0.15, 0.2) is 0 Å². The molecule has 20 heavy (non-hydrogen) atoms. The van der Waals surface area contributed by atoms with Gasteiger partial charge < -0.3 is 10.1 Å². The normalized spacial score (nSPS) is 20.2. The monoisotopic (exact) mass is 283 g/mol. The standard InChI is InChI=1S/C16H23F2NO/c1-19-15(4-2-5-16-6-3-7-20-16)10-12-8-13(17)11-14(18)9-12/h8-9,11,15-16,19H,2-7,10H2,1H3. The maximum atomic E-state index is 13.2. The Morgan fingerprint density at radius 1 is 1.30 bits per heavy atom. The van der Waals surface area contributed by atoms with Crippen LogP contribution in [0.5, 0.6) is 0 Å². The third kappa shape index (κ3) is 4.84. The summed E-state index contributed by atoms with van der Waals surface area (Å²) < 4.78 is 31.9. The van der Waals surface area contributed by atoms with Crippen LogP contribution in [-0.4, -0.2) is 25.8 Å². The number of hydrogen-bond acceptors (Lipinski definition) is 2. The Balaban J connectivity index is 1.78. The van der Waals surface area contributed by atoms with Crippen LogP contribution in [-0.2, 0) is 11.2 Å². The van der Waals surface area contributed by atoms with Gasteiger partial charge in [-0.2, -0.15) is 0 Å². The zero-order valence-corrected chi connectivity index (χ0v) is 12.0. The van der Waals surface area contributed by atoms with Crippen LogP contribution in [0.2, 0.25) is 0 Å². The van der Waals surface area contributed by atoms with Crippen LogP contribution in [0, 0.1) is 11.6 Å². The van der Waals surface area contributed by atoms with E-state index in [-0.39, 0.29) is 6.04 Å². The van der Waals surface area contributed by atoms with Gasteiger partial charge in [0.05, 0.1) is 6.10 Å². The van der Waals surface area contributed by atoms with Gasteiger partial charge in [-0.3, -0.25) is 0 Å². The topological polar surface area (TPSA) is 21.3 Å². The minimum absolute atomic E-state index is 0.248. The molecule has 1 fully saturated rings. The lowest BCUT2D eigenvalue weighted by Gasteiger charge is -2.17. The van der Waals surface area contributed by atoms with E-state index in [0.717, 1.165) is 31.9 Å². The lowest BCUT2D eigenvalue weighted by Crippen LogP contribution is -2.28. The van der Waals surface area contributed by atoms with E-state index in [4.69, 9.17) is 4.74 Å². The molecule has 0 saturated carbocycles. The first-order valence-electron chi connectivity index (χ1n) is 7.41. The third-order valence-corrected chi connectivity index (χ3v) is 3.92. The quantitative estimate of drug-likeness (QED) is 0.827. The van der Waals surface area contributed by atoms with E-state index in [2.05, 4.69) is 5.32 Å². The summed E-state index contributed by atoms with van der Waals surface area (Å²) in [5.41, 5.74) is 0.707. The number of rotatable bonds is 7. The van der Waals surface area contributed by atoms with Crippen LogP contribution in [0.25, 0.3) is 0 Å². The molecule has 0 spiro atoms. The van der Waals surface area contributed by atoms with Gasteiger partial charge in [-0.1, -0.05) is 0 Å². The molecule has 0 bridgehead atoms. The Morgan fingerprint density at radius 3 is 2.65 bits per heavy atom. The fourth-order valence-electron chi connectivity index (χ4n) is 2.83. The van der Waals surface area contributed by atoms with Crippen LogP contribution in [0.4, 0.5) is 8.78 Å². The Hall–Kier alpha value is -1.00. The van der Waals surface area contributed by atoms with E-state index in [1.807, 2.05) is 7.05 Å². The van der Waals surface area contributed by atoms with Crippen molar-refractivity contribution in [3.05, 3.63) is 35.4 Å². The highest BCUT2D eigenvalue weighted by atomic mass is 19.1. The van der Waals surface area contributed by atoms with E-state index in [0.29, 0.717) is 18.1 Å². The van der Waals surface area contributed by atoms with Crippen LogP contribution in [0.1, 0.15) is 37.7 Å². The van der Waals surface area contributed by atoms with Crippen molar-refractivity contribution in [2.45, 2.75) is 50.7 Å². The highest BCUT2D eigenvalue weighted by molar-refractivity contribution is 5.18. The molecule has 1 N–H and O–H groups in total. The largest absolute Gasteiger partial charge is 0.378 e.